The molecule has 0 aromatic rings. The van der Waals surface area contributed by atoms with E-state index in [0.29, 0.717) is 6.54 Å². The number of carbonyl (C=O) groups excluding carboxylic acids is 1. The van der Waals surface area contributed by atoms with Gasteiger partial charge in [-0.05, 0) is 0 Å². The van der Waals surface area contributed by atoms with Gasteiger partial charge in [0, 0.05) is 13.5 Å². The van der Waals surface area contributed by atoms with E-state index in [2.05, 4.69) is 5.32 Å². The van der Waals surface area contributed by atoms with Crippen molar-refractivity contribution >= 4 is 5.91 Å². The summed E-state index contributed by atoms with van der Waals surface area (Å²) < 4.78 is 29.0. The number of hydrogen-bond donors (Lipinski definition) is 2. The van der Waals surface area contributed by atoms with E-state index in [9.17, 15) is 18.0 Å². The highest BCUT2D eigenvalue weighted by molar-refractivity contribution is 5.72. The molecule has 0 fully saturated rings. The largest absolute Gasteiger partial charge is 0.395 e. The number of aliphatic hydroxyl groups is 1. The first-order valence-corrected chi connectivity index (χ1v) is 4.78. The predicted molar refractivity (Wildman–Crippen MR) is 55.6 cm³/mol. The molecule has 0 aliphatic heterocycles. The minimum Gasteiger partial charge on any atom is -0.395 e. The van der Waals surface area contributed by atoms with Crippen LogP contribution in [0.2, 0.25) is 0 Å². The van der Waals surface area contributed by atoms with Crippen LogP contribution < -0.4 is 5.32 Å². The summed E-state index contributed by atoms with van der Waals surface area (Å²) in [6.07, 6.45) is 0. The maximum Gasteiger partial charge on any atom is 0.379 e. The Kier molecular flexibility index (Phi) is 46.3. The topological polar surface area (TPSA) is 49.3 Å². The number of carbonyl (C=O) groups is 1. The van der Waals surface area contributed by atoms with Crippen LogP contribution >= 0.6 is 0 Å². The van der Waals surface area contributed by atoms with Gasteiger partial charge in [0.25, 0.3) is 0 Å². The van der Waals surface area contributed by atoms with Crippen LogP contribution in [0.1, 0.15) is 34.6 Å². The van der Waals surface area contributed by atoms with Gasteiger partial charge in [-0.25, -0.2) is 0 Å². The lowest BCUT2D eigenvalue weighted by atomic mass is 10.6. The molecule has 0 unspecified atom stereocenters. The summed E-state index contributed by atoms with van der Waals surface area (Å²) in [6.45, 7) is 6.12. The molecule has 0 heterocycles. The number of alkyl halides is 3. The van der Waals surface area contributed by atoms with Crippen LogP contribution in [-0.2, 0) is 4.79 Å². The molecule has 0 bridgehead atoms. The normalized spacial score (nSPS) is 7.07. The zero-order chi connectivity index (χ0) is 13.3. The zero-order valence-corrected chi connectivity index (χ0v) is 9.98. The fourth-order valence-corrected chi connectivity index (χ4v) is 0.232. The van der Waals surface area contributed by atoms with E-state index in [4.69, 9.17) is 5.11 Å². The summed E-state index contributed by atoms with van der Waals surface area (Å²) in [4.78, 5) is 9.98. The molecular weight excluding hydrogens is 211 g/mol. The van der Waals surface area contributed by atoms with Crippen LogP contribution in [0, 0.1) is 0 Å². The van der Waals surface area contributed by atoms with Crippen LogP contribution in [-0.4, -0.2) is 30.8 Å². The average molecular weight is 233 g/mol. The number of halogens is 3. The van der Waals surface area contributed by atoms with Crippen molar-refractivity contribution in [3.05, 3.63) is 0 Å². The van der Waals surface area contributed by atoms with Gasteiger partial charge in [0.05, 0.1) is 6.61 Å². The van der Waals surface area contributed by atoms with Gasteiger partial charge in [0.15, 0.2) is 0 Å². The van der Waals surface area contributed by atoms with Crippen LogP contribution in [0.4, 0.5) is 13.2 Å². The van der Waals surface area contributed by atoms with Crippen LogP contribution in [0.15, 0.2) is 0 Å². The van der Waals surface area contributed by atoms with Gasteiger partial charge in [-0.15, -0.1) is 0 Å². The van der Waals surface area contributed by atoms with E-state index >= 15 is 0 Å². The number of hydrogen-bond acceptors (Lipinski definition) is 2. The standard InChI is InChI=1S/C4H9NO2.2C2H6.CHF3/c1-4(7)5-2-3-6;2*1-2;2-1(3)4/h6H,2-3H2,1H3,(H,5,7);2*1-2H3;1H. The smallest absolute Gasteiger partial charge is 0.379 e. The Morgan fingerprint density at radius 3 is 1.53 bits per heavy atom. The Morgan fingerprint density at radius 2 is 1.47 bits per heavy atom. The van der Waals surface area contributed by atoms with Crippen molar-refractivity contribution in [1.82, 2.24) is 5.32 Å². The zero-order valence-electron chi connectivity index (χ0n) is 9.98. The number of aliphatic hydroxyl groups excluding tert-OH is 1. The summed E-state index contributed by atoms with van der Waals surface area (Å²) in [5.74, 6) is -0.103. The third-order valence-electron chi connectivity index (χ3n) is 0.486. The molecule has 15 heavy (non-hydrogen) atoms. The van der Waals surface area contributed by atoms with E-state index in [-0.39, 0.29) is 12.5 Å². The summed E-state index contributed by atoms with van der Waals surface area (Å²) in [5.41, 5.74) is 0. The molecule has 0 aliphatic carbocycles. The van der Waals surface area contributed by atoms with Crippen molar-refractivity contribution in [3.63, 3.8) is 0 Å². The summed E-state index contributed by atoms with van der Waals surface area (Å²) in [5, 5.41) is 10.5. The number of nitrogens with one attached hydrogen (secondary N) is 1. The Labute approximate surface area is 89.7 Å². The van der Waals surface area contributed by atoms with Gasteiger partial charge in [-0.3, -0.25) is 4.79 Å². The molecule has 2 N–H and O–H groups in total. The van der Waals surface area contributed by atoms with Crippen molar-refractivity contribution in [1.29, 1.82) is 0 Å². The van der Waals surface area contributed by atoms with Gasteiger partial charge in [0.1, 0.15) is 0 Å². The summed E-state index contributed by atoms with van der Waals surface area (Å²) in [7, 11) is 0. The fraction of sp³-hybridized carbons (Fsp3) is 0.889. The highest BCUT2D eigenvalue weighted by atomic mass is 19.4. The molecule has 6 heteroatoms. The molecule has 0 saturated heterocycles. The first-order valence-electron chi connectivity index (χ1n) is 4.78. The molecule has 0 aliphatic rings. The first kappa shape index (κ1) is 23.8. The lowest BCUT2D eigenvalue weighted by molar-refractivity contribution is -0.119. The second-order valence-corrected chi connectivity index (χ2v) is 1.45. The Balaban J connectivity index is -0.0000000647. The molecule has 0 atom stereocenters. The maximum absolute atomic E-state index is 9.98. The average Bonchev–Trinajstić information content (AvgIpc) is 2.20. The molecule has 0 rings (SSSR count). The van der Waals surface area contributed by atoms with Gasteiger partial charge in [-0.2, -0.15) is 13.2 Å². The van der Waals surface area contributed by atoms with Crippen LogP contribution in [0.3, 0.4) is 0 Å². The molecule has 0 spiro atoms. The van der Waals surface area contributed by atoms with Gasteiger partial charge < -0.3 is 10.4 Å². The lowest BCUT2D eigenvalue weighted by Crippen LogP contribution is -2.22. The third-order valence-corrected chi connectivity index (χ3v) is 0.486. The van der Waals surface area contributed by atoms with Gasteiger partial charge in [-0.1, -0.05) is 27.7 Å². The van der Waals surface area contributed by atoms with E-state index in [1.54, 1.807) is 0 Å². The highest BCUT2D eigenvalue weighted by Gasteiger charge is 1.86. The minimum absolute atomic E-state index is 0.0135. The predicted octanol–water partition coefficient (Wildman–Crippen LogP) is 2.35. The van der Waals surface area contributed by atoms with Crippen molar-refractivity contribution < 1.29 is 23.1 Å². The first-order chi connectivity index (χ1) is 7.00. The maximum atomic E-state index is 9.98. The number of amides is 1. The molecular formula is C9H22F3NO2. The van der Waals surface area contributed by atoms with Crippen LogP contribution in [0.5, 0.6) is 0 Å². The lowest BCUT2D eigenvalue weighted by Gasteiger charge is -1.93. The van der Waals surface area contributed by atoms with Gasteiger partial charge >= 0.3 is 6.68 Å². The van der Waals surface area contributed by atoms with Gasteiger partial charge in [0.2, 0.25) is 5.91 Å². The second-order valence-electron chi connectivity index (χ2n) is 1.45. The quantitative estimate of drug-likeness (QED) is 0.769. The fourth-order valence-electron chi connectivity index (χ4n) is 0.232. The van der Waals surface area contributed by atoms with Crippen LogP contribution in [0.25, 0.3) is 0 Å². The molecule has 1 amide bonds. The Bertz CT molecular complexity index is 101. The monoisotopic (exact) mass is 233 g/mol. The minimum atomic E-state index is -3.67. The molecule has 0 radical (unpaired) electrons. The Morgan fingerprint density at radius 1 is 1.20 bits per heavy atom. The molecule has 3 nitrogen and oxygen atoms in total. The van der Waals surface area contributed by atoms with Crippen molar-refractivity contribution in [2.24, 2.45) is 0 Å². The van der Waals surface area contributed by atoms with E-state index in [1.807, 2.05) is 27.7 Å². The van der Waals surface area contributed by atoms with Crippen molar-refractivity contribution in [3.8, 4) is 0 Å². The Hall–Kier alpha value is -0.780. The molecule has 0 aromatic carbocycles. The molecule has 96 valence electrons. The van der Waals surface area contributed by atoms with E-state index in [0.717, 1.165) is 0 Å². The van der Waals surface area contributed by atoms with Crippen molar-refractivity contribution in [2.45, 2.75) is 41.3 Å². The SMILES string of the molecule is CC.CC.CC(=O)NCCO.FC(F)F. The third kappa shape index (κ3) is 161. The number of rotatable bonds is 2. The van der Waals surface area contributed by atoms with E-state index < -0.39 is 6.68 Å². The highest BCUT2D eigenvalue weighted by Crippen LogP contribution is 1.87. The van der Waals surface area contributed by atoms with E-state index in [1.165, 1.54) is 6.92 Å². The summed E-state index contributed by atoms with van der Waals surface area (Å²) in [6, 6.07) is 0. The summed E-state index contributed by atoms with van der Waals surface area (Å²) >= 11 is 0. The second kappa shape index (κ2) is 29.2. The molecule has 0 aromatic heterocycles. The molecule has 0 saturated carbocycles. The van der Waals surface area contributed by atoms with Crippen molar-refractivity contribution in [2.75, 3.05) is 13.2 Å².